The molecule has 4 aromatic heterocycles. The number of benzene rings is 5. The van der Waals surface area contributed by atoms with Gasteiger partial charge in [0.2, 0.25) is 0 Å². The Morgan fingerprint density at radius 1 is 0.741 bits per heavy atom. The van der Waals surface area contributed by atoms with E-state index in [0.29, 0.717) is 11.5 Å². The van der Waals surface area contributed by atoms with Crippen molar-refractivity contribution in [1.29, 1.82) is 0 Å². The van der Waals surface area contributed by atoms with Gasteiger partial charge in [-0.3, -0.25) is 0 Å². The van der Waals surface area contributed by atoms with Gasteiger partial charge in [0.1, 0.15) is 11.4 Å². The minimum atomic E-state index is -0.198. The van der Waals surface area contributed by atoms with Gasteiger partial charge >= 0.3 is 0 Å². The Kier molecular flexibility index (Phi) is 8.00. The zero-order chi connectivity index (χ0) is 36.2. The maximum absolute atomic E-state index is 6.62. The fraction of sp³-hybridized carbons (Fsp3) is 0.174. The molecule has 0 spiro atoms. The van der Waals surface area contributed by atoms with E-state index >= 15 is 0 Å². The molecule has 9 aromatic rings. The molecule has 0 radical (unpaired) electrons. The van der Waals surface area contributed by atoms with Crippen LogP contribution in [-0.2, 0) is 26.5 Å². The van der Waals surface area contributed by atoms with Crippen LogP contribution in [0.4, 0.5) is 17.3 Å². The Morgan fingerprint density at radius 2 is 1.50 bits per heavy atom. The molecule has 5 heterocycles. The summed E-state index contributed by atoms with van der Waals surface area (Å²) in [5, 5.41) is 5.78. The molecule has 54 heavy (non-hydrogen) atoms. The molecule has 0 fully saturated rings. The number of aromatic nitrogens is 2. The predicted octanol–water partition coefficient (Wildman–Crippen LogP) is 12.9. The van der Waals surface area contributed by atoms with Gasteiger partial charge < -0.3 is 23.5 Å². The Labute approximate surface area is 332 Å². The fourth-order valence-electron chi connectivity index (χ4n) is 7.57. The Bertz CT molecular complexity index is 2910. The first-order valence-electron chi connectivity index (χ1n) is 18.0. The van der Waals surface area contributed by atoms with E-state index < -0.39 is 0 Å². The number of hydrogen-bond acceptors (Lipinski definition) is 6. The number of para-hydroxylation sites is 1. The van der Waals surface area contributed by atoms with E-state index in [2.05, 4.69) is 141 Å². The molecule has 0 aliphatic carbocycles. The van der Waals surface area contributed by atoms with Gasteiger partial charge in [-0.1, -0.05) is 62.7 Å². The molecule has 10 rings (SSSR count). The van der Waals surface area contributed by atoms with Crippen molar-refractivity contribution in [2.24, 2.45) is 0 Å². The molecule has 272 valence electrons. The molecule has 0 bridgehead atoms. The van der Waals surface area contributed by atoms with Crippen LogP contribution in [0, 0.1) is 18.8 Å². The molecular weight excluding hydrogens is 868 g/mol. The molecule has 0 N–H and O–H groups in total. The SMILES string of the molecule is CC(C)(C)c1ccnc(-n2c3[c-]c(Oc4[c-]c(N5[CH-]N(C(C)(C)C)c6oc7ccccc7c65)ccc4)ccc3c3ccc4sc5ccccc5c4c32)c1.[Pt]. The molecule has 0 amide bonds. The fourth-order valence-corrected chi connectivity index (χ4v) is 8.68. The van der Waals surface area contributed by atoms with E-state index in [-0.39, 0.29) is 32.0 Å². The molecule has 5 aromatic carbocycles. The molecule has 1 aliphatic rings. The van der Waals surface area contributed by atoms with Gasteiger partial charge in [-0.05, 0) is 73.5 Å². The molecular formula is C46H37N4O2PtS-3. The van der Waals surface area contributed by atoms with E-state index in [9.17, 15) is 0 Å². The number of ether oxygens (including phenoxy) is 1. The number of pyridine rings is 1. The average molecular weight is 905 g/mol. The molecule has 0 atom stereocenters. The van der Waals surface area contributed by atoms with Crippen molar-refractivity contribution in [2.75, 3.05) is 9.80 Å². The number of fused-ring (bicyclic) bond motifs is 10. The van der Waals surface area contributed by atoms with Gasteiger partial charge in [0.25, 0.3) is 0 Å². The van der Waals surface area contributed by atoms with Crippen molar-refractivity contribution in [2.45, 2.75) is 52.5 Å². The number of nitrogens with zero attached hydrogens (tertiary/aromatic N) is 4. The second-order valence-corrected chi connectivity index (χ2v) is 16.9. The van der Waals surface area contributed by atoms with Gasteiger partial charge in [0, 0.05) is 69.9 Å². The Morgan fingerprint density at radius 3 is 2.31 bits per heavy atom. The summed E-state index contributed by atoms with van der Waals surface area (Å²) in [5.41, 5.74) is 5.73. The number of rotatable bonds is 4. The zero-order valence-electron chi connectivity index (χ0n) is 30.8. The molecule has 0 unspecified atom stereocenters. The van der Waals surface area contributed by atoms with Crippen LogP contribution in [0.5, 0.6) is 11.5 Å². The predicted molar refractivity (Wildman–Crippen MR) is 219 cm³/mol. The van der Waals surface area contributed by atoms with E-state index in [1.807, 2.05) is 53.9 Å². The van der Waals surface area contributed by atoms with Gasteiger partial charge in [-0.2, -0.15) is 12.1 Å². The summed E-state index contributed by atoms with van der Waals surface area (Å²) in [5.74, 6) is 2.88. The molecule has 6 nitrogen and oxygen atoms in total. The topological polar surface area (TPSA) is 46.7 Å². The first-order valence-corrected chi connectivity index (χ1v) is 18.8. The summed E-state index contributed by atoms with van der Waals surface area (Å²) < 4.78 is 17.8. The normalized spacial score (nSPS) is 13.4. The van der Waals surface area contributed by atoms with Crippen LogP contribution in [0.3, 0.4) is 0 Å². The Hall–Kier alpha value is -5.10. The summed E-state index contributed by atoms with van der Waals surface area (Å²) in [7, 11) is 0. The van der Waals surface area contributed by atoms with Crippen molar-refractivity contribution in [1.82, 2.24) is 9.55 Å². The summed E-state index contributed by atoms with van der Waals surface area (Å²) in [6.07, 6.45) is 1.92. The smallest absolute Gasteiger partial charge is 0.190 e. The maximum atomic E-state index is 6.62. The van der Waals surface area contributed by atoms with Crippen molar-refractivity contribution >= 4 is 81.5 Å². The second-order valence-electron chi connectivity index (χ2n) is 15.8. The van der Waals surface area contributed by atoms with Crippen LogP contribution in [0.2, 0.25) is 0 Å². The van der Waals surface area contributed by atoms with Gasteiger partial charge in [0.15, 0.2) is 5.88 Å². The Balaban J connectivity index is 0.00000384. The second kappa shape index (κ2) is 12.5. The number of hydrogen-bond donors (Lipinski definition) is 0. The van der Waals surface area contributed by atoms with Gasteiger partial charge in [-0.15, -0.1) is 59.4 Å². The minimum absolute atomic E-state index is 0. The summed E-state index contributed by atoms with van der Waals surface area (Å²) in [6.45, 7) is 15.4. The quantitative estimate of drug-likeness (QED) is 0.165. The molecule has 0 saturated heterocycles. The average Bonchev–Trinajstić information content (AvgIpc) is 3.89. The third-order valence-corrected chi connectivity index (χ3v) is 11.3. The zero-order valence-corrected chi connectivity index (χ0v) is 33.9. The van der Waals surface area contributed by atoms with Crippen LogP contribution in [-0.4, -0.2) is 15.1 Å². The van der Waals surface area contributed by atoms with E-state index in [1.54, 1.807) is 0 Å². The van der Waals surface area contributed by atoms with Crippen molar-refractivity contribution in [3.63, 3.8) is 0 Å². The van der Waals surface area contributed by atoms with Crippen LogP contribution in [0.15, 0.2) is 114 Å². The number of anilines is 3. The van der Waals surface area contributed by atoms with Crippen molar-refractivity contribution < 1.29 is 30.2 Å². The van der Waals surface area contributed by atoms with Gasteiger partial charge in [0.05, 0.1) is 11.2 Å². The minimum Gasteiger partial charge on any atom is -0.509 e. The van der Waals surface area contributed by atoms with Crippen LogP contribution in [0.25, 0.3) is 58.8 Å². The monoisotopic (exact) mass is 904 g/mol. The third-order valence-electron chi connectivity index (χ3n) is 10.2. The maximum Gasteiger partial charge on any atom is 0.190 e. The first-order chi connectivity index (χ1) is 25.5. The number of thiophene rings is 1. The van der Waals surface area contributed by atoms with E-state index in [0.717, 1.165) is 55.9 Å². The van der Waals surface area contributed by atoms with Crippen molar-refractivity contribution in [3.8, 4) is 17.3 Å². The number of furan rings is 1. The van der Waals surface area contributed by atoms with Crippen LogP contribution < -0.4 is 14.5 Å². The van der Waals surface area contributed by atoms with Crippen LogP contribution in [0.1, 0.15) is 47.1 Å². The third kappa shape index (κ3) is 5.43. The van der Waals surface area contributed by atoms with Gasteiger partial charge in [-0.25, -0.2) is 4.98 Å². The molecule has 0 saturated carbocycles. The first kappa shape index (κ1) is 34.7. The van der Waals surface area contributed by atoms with Crippen molar-refractivity contribution in [3.05, 3.63) is 134 Å². The summed E-state index contributed by atoms with van der Waals surface area (Å²) in [6, 6.07) is 43.1. The molecule has 1 aliphatic heterocycles. The van der Waals surface area contributed by atoms with E-state index in [1.165, 1.54) is 25.7 Å². The summed E-state index contributed by atoms with van der Waals surface area (Å²) >= 11 is 1.82. The summed E-state index contributed by atoms with van der Waals surface area (Å²) in [4.78, 5) is 9.30. The van der Waals surface area contributed by atoms with E-state index in [4.69, 9.17) is 14.1 Å². The standard InChI is InChI=1S/C46H37N4O2S.Pt/c1-45(2,3)28-22-23-47-40(24-28)50-36-26-31(18-19-32(36)33-20-21-39-41(42(33)50)35-15-8-10-17-38(35)53-39)51-30-13-11-12-29(25-30)48-27-49(46(4,5)6)44-43(48)34-14-7-9-16-37(34)52-44;/h7-24,27H,1-6H3;/q-3;. The molecule has 8 heteroatoms. The van der Waals surface area contributed by atoms with Crippen LogP contribution >= 0.6 is 11.3 Å². The largest absolute Gasteiger partial charge is 0.509 e.